The number of pyridine rings is 1. The molecule has 2 N–H and O–H groups in total. The predicted octanol–water partition coefficient (Wildman–Crippen LogP) is 8.35. The molecule has 0 aliphatic heterocycles. The lowest BCUT2D eigenvalue weighted by molar-refractivity contribution is 0.301. The monoisotopic (exact) mass is 566 g/mol. The number of fused-ring (bicyclic) bond motifs is 1. The standard InChI is InChI=1S/C35H42N4OS/c1-7-10-33(36)38-20-18-26-12-14-27(15-13-26)23-39-31-17-16-29(40-24-28-11-8-9-19-37-28)22-30(31)34(41-35(4,5)6)32(39)21-25(2)3/h7-17,19-20,22,25H,1,18,21,23-24,36H2,2-6H3/b33-10-,38-20-. The van der Waals surface area contributed by atoms with Crippen molar-refractivity contribution in [2.45, 2.75) is 70.3 Å². The summed E-state index contributed by atoms with van der Waals surface area (Å²) in [6.45, 7) is 16.3. The Bertz CT molecular complexity index is 1510. The summed E-state index contributed by atoms with van der Waals surface area (Å²) in [4.78, 5) is 10.0. The summed E-state index contributed by atoms with van der Waals surface area (Å²) in [5.74, 6) is 1.85. The Hall–Kier alpha value is -3.77. The molecule has 6 heteroatoms. The third-order valence-corrected chi connectivity index (χ3v) is 7.71. The van der Waals surface area contributed by atoms with Crippen molar-refractivity contribution in [3.63, 3.8) is 0 Å². The quantitative estimate of drug-likeness (QED) is 0.106. The van der Waals surface area contributed by atoms with Gasteiger partial charge in [-0.05, 0) is 59.9 Å². The van der Waals surface area contributed by atoms with E-state index in [2.05, 4.69) is 98.2 Å². The van der Waals surface area contributed by atoms with Crippen molar-refractivity contribution in [2.24, 2.45) is 16.6 Å². The molecule has 0 spiro atoms. The zero-order valence-electron chi connectivity index (χ0n) is 24.9. The van der Waals surface area contributed by atoms with Crippen LogP contribution in [0.2, 0.25) is 0 Å². The van der Waals surface area contributed by atoms with Gasteiger partial charge in [0.05, 0.1) is 5.69 Å². The largest absolute Gasteiger partial charge is 0.487 e. The first-order chi connectivity index (χ1) is 19.6. The van der Waals surface area contributed by atoms with Crippen molar-refractivity contribution in [1.29, 1.82) is 0 Å². The lowest BCUT2D eigenvalue weighted by Gasteiger charge is -2.20. The molecule has 0 radical (unpaired) electrons. The Morgan fingerprint density at radius 3 is 2.51 bits per heavy atom. The second kappa shape index (κ2) is 13.7. The molecule has 2 aromatic carbocycles. The number of hydrogen-bond donors (Lipinski definition) is 1. The molecule has 0 atom stereocenters. The smallest absolute Gasteiger partial charge is 0.130 e. The minimum atomic E-state index is 0.0725. The van der Waals surface area contributed by atoms with Crippen LogP contribution in [0.5, 0.6) is 5.75 Å². The SMILES string of the molecule is C=C/C=C(N)\N=C/Cc1ccc(Cn2c(CC(C)C)c(SC(C)(C)C)c3cc(OCc4ccccn4)ccc32)cc1. The van der Waals surface area contributed by atoms with Gasteiger partial charge in [0.15, 0.2) is 0 Å². The molecule has 4 aromatic rings. The van der Waals surface area contributed by atoms with Gasteiger partial charge >= 0.3 is 0 Å². The highest BCUT2D eigenvalue weighted by atomic mass is 32.2. The van der Waals surface area contributed by atoms with E-state index in [0.717, 1.165) is 30.8 Å². The minimum Gasteiger partial charge on any atom is -0.487 e. The van der Waals surface area contributed by atoms with Gasteiger partial charge in [0.1, 0.15) is 18.2 Å². The number of aromatic nitrogens is 2. The van der Waals surface area contributed by atoms with Gasteiger partial charge in [-0.3, -0.25) is 4.98 Å². The van der Waals surface area contributed by atoms with Crippen LogP contribution in [0.4, 0.5) is 0 Å². The molecule has 0 aliphatic carbocycles. The summed E-state index contributed by atoms with van der Waals surface area (Å²) < 4.78 is 8.78. The summed E-state index contributed by atoms with van der Waals surface area (Å²) in [5.41, 5.74) is 11.8. The molecule has 41 heavy (non-hydrogen) atoms. The van der Waals surface area contributed by atoms with Crippen LogP contribution in [0, 0.1) is 5.92 Å². The summed E-state index contributed by atoms with van der Waals surface area (Å²) in [6.07, 6.45) is 8.71. The zero-order chi connectivity index (χ0) is 29.4. The first kappa shape index (κ1) is 30.2. The maximum Gasteiger partial charge on any atom is 0.130 e. The third-order valence-electron chi connectivity index (χ3n) is 6.43. The number of nitrogens with two attached hydrogens (primary N) is 1. The van der Waals surface area contributed by atoms with E-state index < -0.39 is 0 Å². The van der Waals surface area contributed by atoms with Gasteiger partial charge in [-0.15, -0.1) is 11.8 Å². The van der Waals surface area contributed by atoms with Gasteiger partial charge in [0, 0.05) is 51.6 Å². The summed E-state index contributed by atoms with van der Waals surface area (Å²) in [7, 11) is 0. The van der Waals surface area contributed by atoms with E-state index in [1.54, 1.807) is 18.3 Å². The van der Waals surface area contributed by atoms with E-state index in [-0.39, 0.29) is 4.75 Å². The van der Waals surface area contributed by atoms with Gasteiger partial charge in [-0.25, -0.2) is 4.99 Å². The van der Waals surface area contributed by atoms with Gasteiger partial charge < -0.3 is 15.0 Å². The highest BCUT2D eigenvalue weighted by Gasteiger charge is 2.24. The maximum absolute atomic E-state index is 6.20. The molecule has 5 nitrogen and oxygen atoms in total. The van der Waals surface area contributed by atoms with Crippen molar-refractivity contribution in [2.75, 3.05) is 0 Å². The van der Waals surface area contributed by atoms with Crippen LogP contribution in [-0.4, -0.2) is 20.5 Å². The zero-order valence-corrected chi connectivity index (χ0v) is 25.7. The first-order valence-corrected chi connectivity index (χ1v) is 15.0. The van der Waals surface area contributed by atoms with Gasteiger partial charge in [0.2, 0.25) is 0 Å². The number of thioether (sulfide) groups is 1. The maximum atomic E-state index is 6.20. The van der Waals surface area contributed by atoms with E-state index in [9.17, 15) is 0 Å². The Balaban J connectivity index is 1.67. The highest BCUT2D eigenvalue weighted by molar-refractivity contribution is 8.00. The molecule has 0 amide bonds. The Kier molecular flexibility index (Phi) is 10.1. The van der Waals surface area contributed by atoms with Crippen LogP contribution < -0.4 is 10.5 Å². The van der Waals surface area contributed by atoms with E-state index in [4.69, 9.17) is 10.5 Å². The molecule has 0 bridgehead atoms. The van der Waals surface area contributed by atoms with Crippen LogP contribution in [0.3, 0.4) is 0 Å². The number of aliphatic imine (C=N–C) groups is 1. The number of allylic oxidation sites excluding steroid dienone is 2. The fraction of sp³-hybridized carbons (Fsp3) is 0.314. The van der Waals surface area contributed by atoms with Gasteiger partial charge in [-0.1, -0.05) is 77.6 Å². The fourth-order valence-electron chi connectivity index (χ4n) is 4.66. The predicted molar refractivity (Wildman–Crippen MR) is 175 cm³/mol. The average Bonchev–Trinajstić information content (AvgIpc) is 3.18. The molecule has 214 valence electrons. The lowest BCUT2D eigenvalue weighted by Crippen LogP contribution is -2.11. The van der Waals surface area contributed by atoms with Crippen molar-refractivity contribution in [3.8, 4) is 5.75 Å². The first-order valence-electron chi connectivity index (χ1n) is 14.2. The normalized spacial score (nSPS) is 12.5. The molecule has 0 saturated carbocycles. The topological polar surface area (TPSA) is 65.4 Å². The molecule has 2 heterocycles. The lowest BCUT2D eigenvalue weighted by atomic mass is 10.1. The second-order valence-corrected chi connectivity index (χ2v) is 13.5. The number of hydrogen-bond acceptors (Lipinski definition) is 5. The van der Waals surface area contributed by atoms with Crippen LogP contribution in [0.1, 0.15) is 57.1 Å². The van der Waals surface area contributed by atoms with E-state index >= 15 is 0 Å². The van der Waals surface area contributed by atoms with Crippen molar-refractivity contribution >= 4 is 28.9 Å². The number of nitrogens with zero attached hydrogens (tertiary/aromatic N) is 3. The molecule has 0 unspecified atom stereocenters. The summed E-state index contributed by atoms with van der Waals surface area (Å²) in [6, 6.07) is 21.2. The van der Waals surface area contributed by atoms with Gasteiger partial charge in [-0.2, -0.15) is 0 Å². The van der Waals surface area contributed by atoms with E-state index in [1.165, 1.54) is 32.6 Å². The van der Waals surface area contributed by atoms with E-state index in [0.29, 0.717) is 18.3 Å². The number of ether oxygens (including phenoxy) is 1. The summed E-state index contributed by atoms with van der Waals surface area (Å²) >= 11 is 1.95. The Labute approximate surface area is 249 Å². The minimum absolute atomic E-state index is 0.0725. The van der Waals surface area contributed by atoms with Crippen LogP contribution in [-0.2, 0) is 26.0 Å². The fourth-order valence-corrected chi connectivity index (χ4v) is 5.86. The van der Waals surface area contributed by atoms with Gasteiger partial charge in [0.25, 0.3) is 0 Å². The van der Waals surface area contributed by atoms with Crippen molar-refractivity contribution < 1.29 is 4.74 Å². The third kappa shape index (κ3) is 8.61. The van der Waals surface area contributed by atoms with Crippen LogP contribution in [0.15, 0.2) is 101 Å². The molecule has 4 rings (SSSR count). The summed E-state index contributed by atoms with van der Waals surface area (Å²) in [5, 5.41) is 1.25. The molecular formula is C35H42N4OS. The second-order valence-electron chi connectivity index (χ2n) is 11.6. The van der Waals surface area contributed by atoms with Crippen molar-refractivity contribution in [1.82, 2.24) is 9.55 Å². The number of benzene rings is 2. The Morgan fingerprint density at radius 2 is 1.85 bits per heavy atom. The molecule has 0 saturated heterocycles. The Morgan fingerprint density at radius 1 is 1.10 bits per heavy atom. The molecule has 0 aliphatic rings. The average molecular weight is 567 g/mol. The van der Waals surface area contributed by atoms with E-state index in [1.807, 2.05) is 36.2 Å². The van der Waals surface area contributed by atoms with Crippen LogP contribution >= 0.6 is 11.8 Å². The number of rotatable bonds is 12. The van der Waals surface area contributed by atoms with Crippen molar-refractivity contribution in [3.05, 3.63) is 114 Å². The molecule has 0 fully saturated rings. The molecule has 2 aromatic heterocycles. The highest BCUT2D eigenvalue weighted by Crippen LogP contribution is 2.43. The molecular weight excluding hydrogens is 524 g/mol. The van der Waals surface area contributed by atoms with Crippen LogP contribution in [0.25, 0.3) is 10.9 Å².